The minimum Gasteiger partial charge on any atom is -0.334 e. The Balaban J connectivity index is 1.87. The van der Waals surface area contributed by atoms with Crippen molar-refractivity contribution in [1.29, 1.82) is 0 Å². The molecular formula is C17H14F3N5O. The molecule has 0 saturated heterocycles. The van der Waals surface area contributed by atoms with Crippen molar-refractivity contribution >= 4 is 5.91 Å². The highest BCUT2D eigenvalue weighted by Gasteiger charge is 2.53. The Morgan fingerprint density at radius 1 is 1.12 bits per heavy atom. The Morgan fingerprint density at radius 3 is 2.38 bits per heavy atom. The third-order valence-electron chi connectivity index (χ3n) is 3.95. The van der Waals surface area contributed by atoms with Crippen LogP contribution in [0.15, 0.2) is 61.3 Å². The standard InChI is InChI=1S/C17H14F3N5O/c1-16(17(18,19)20,13-5-3-2-4-6-13)24-15(26)12-7-8-14(22-9-12)25-11-21-10-23-25/h2-11H,1H3,(H,24,26)/t16-/m1/s1. The maximum Gasteiger partial charge on any atom is 0.415 e. The van der Waals surface area contributed by atoms with Crippen LogP contribution in [-0.4, -0.2) is 31.8 Å². The molecule has 0 aliphatic heterocycles. The van der Waals surface area contributed by atoms with E-state index in [0.717, 1.165) is 6.92 Å². The van der Waals surface area contributed by atoms with Gasteiger partial charge in [0.1, 0.15) is 12.7 Å². The van der Waals surface area contributed by atoms with Crippen LogP contribution in [0.5, 0.6) is 0 Å². The highest BCUT2D eigenvalue weighted by atomic mass is 19.4. The SMILES string of the molecule is C[C@@](NC(=O)c1ccc(-n2cncn2)nc1)(c1ccccc1)C(F)(F)F. The quantitative estimate of drug-likeness (QED) is 0.776. The number of carbonyl (C=O) groups is 1. The number of aromatic nitrogens is 4. The molecule has 9 heteroatoms. The molecule has 1 amide bonds. The zero-order valence-electron chi connectivity index (χ0n) is 13.6. The summed E-state index contributed by atoms with van der Waals surface area (Å²) < 4.78 is 42.4. The molecule has 3 aromatic rings. The molecule has 1 aromatic carbocycles. The lowest BCUT2D eigenvalue weighted by Crippen LogP contribution is -2.53. The van der Waals surface area contributed by atoms with E-state index in [1.165, 1.54) is 59.9 Å². The summed E-state index contributed by atoms with van der Waals surface area (Å²) in [6.45, 7) is 0.928. The van der Waals surface area contributed by atoms with E-state index < -0.39 is 17.6 Å². The van der Waals surface area contributed by atoms with Crippen molar-refractivity contribution in [1.82, 2.24) is 25.1 Å². The number of hydrogen-bond donors (Lipinski definition) is 1. The molecular weight excluding hydrogens is 347 g/mol. The smallest absolute Gasteiger partial charge is 0.334 e. The van der Waals surface area contributed by atoms with Gasteiger partial charge in [-0.15, -0.1) is 0 Å². The Bertz CT molecular complexity index is 879. The van der Waals surface area contributed by atoms with Gasteiger partial charge in [-0.2, -0.15) is 18.3 Å². The Hall–Kier alpha value is -3.23. The van der Waals surface area contributed by atoms with E-state index in [1.54, 1.807) is 6.07 Å². The number of carbonyl (C=O) groups excluding carboxylic acids is 1. The second-order valence-electron chi connectivity index (χ2n) is 5.69. The van der Waals surface area contributed by atoms with Crippen LogP contribution in [0.3, 0.4) is 0 Å². The highest BCUT2D eigenvalue weighted by Crippen LogP contribution is 2.38. The maximum atomic E-state index is 13.7. The van der Waals surface area contributed by atoms with Gasteiger partial charge in [0.05, 0.1) is 5.56 Å². The van der Waals surface area contributed by atoms with Gasteiger partial charge in [-0.05, 0) is 24.6 Å². The molecule has 0 spiro atoms. The lowest BCUT2D eigenvalue weighted by Gasteiger charge is -2.33. The van der Waals surface area contributed by atoms with Crippen LogP contribution in [0.4, 0.5) is 13.2 Å². The summed E-state index contributed by atoms with van der Waals surface area (Å²) in [5.41, 5.74) is -2.59. The van der Waals surface area contributed by atoms with Crippen molar-refractivity contribution in [3.05, 3.63) is 72.4 Å². The van der Waals surface area contributed by atoms with Crippen LogP contribution in [0.1, 0.15) is 22.8 Å². The molecule has 0 bridgehead atoms. The van der Waals surface area contributed by atoms with Crippen molar-refractivity contribution in [2.75, 3.05) is 0 Å². The summed E-state index contributed by atoms with van der Waals surface area (Å²) in [5.74, 6) is -0.494. The molecule has 0 radical (unpaired) electrons. The molecule has 6 nitrogen and oxygen atoms in total. The number of benzene rings is 1. The minimum atomic E-state index is -4.68. The summed E-state index contributed by atoms with van der Waals surface area (Å²) in [6, 6.07) is 10.1. The van der Waals surface area contributed by atoms with E-state index >= 15 is 0 Å². The first kappa shape index (κ1) is 17.6. The molecule has 0 fully saturated rings. The first-order valence-electron chi connectivity index (χ1n) is 7.57. The van der Waals surface area contributed by atoms with Gasteiger partial charge in [0.2, 0.25) is 0 Å². The fourth-order valence-electron chi connectivity index (χ4n) is 2.36. The average Bonchev–Trinajstić information content (AvgIpc) is 3.16. The van der Waals surface area contributed by atoms with E-state index in [0.29, 0.717) is 5.82 Å². The van der Waals surface area contributed by atoms with Gasteiger partial charge in [0, 0.05) is 6.20 Å². The zero-order chi connectivity index (χ0) is 18.8. The number of hydrogen-bond acceptors (Lipinski definition) is 4. The van der Waals surface area contributed by atoms with Gasteiger partial charge in [-0.3, -0.25) is 4.79 Å². The van der Waals surface area contributed by atoms with Gasteiger partial charge in [0.15, 0.2) is 11.4 Å². The molecule has 1 N–H and O–H groups in total. The van der Waals surface area contributed by atoms with Crippen molar-refractivity contribution in [3.63, 3.8) is 0 Å². The van der Waals surface area contributed by atoms with Gasteiger partial charge in [-0.25, -0.2) is 14.6 Å². The van der Waals surface area contributed by atoms with E-state index in [2.05, 4.69) is 20.4 Å². The topological polar surface area (TPSA) is 72.7 Å². The molecule has 0 aliphatic rings. The number of halogens is 3. The molecule has 26 heavy (non-hydrogen) atoms. The Morgan fingerprint density at radius 2 is 1.85 bits per heavy atom. The van der Waals surface area contributed by atoms with Crippen LogP contribution < -0.4 is 5.32 Å². The first-order valence-corrected chi connectivity index (χ1v) is 7.57. The monoisotopic (exact) mass is 361 g/mol. The third kappa shape index (κ3) is 3.28. The summed E-state index contributed by atoms with van der Waals surface area (Å²) >= 11 is 0. The number of amides is 1. The first-order chi connectivity index (χ1) is 12.3. The lowest BCUT2D eigenvalue weighted by molar-refractivity contribution is -0.192. The second kappa shape index (κ2) is 6.58. The Kier molecular flexibility index (Phi) is 4.45. The fraction of sp³-hybridized carbons (Fsp3) is 0.176. The van der Waals surface area contributed by atoms with Crippen molar-refractivity contribution in [3.8, 4) is 5.82 Å². The van der Waals surface area contributed by atoms with Crippen molar-refractivity contribution < 1.29 is 18.0 Å². The second-order valence-corrected chi connectivity index (χ2v) is 5.69. The molecule has 2 aromatic heterocycles. The fourth-order valence-corrected chi connectivity index (χ4v) is 2.36. The summed E-state index contributed by atoms with van der Waals surface area (Å²) in [6.07, 6.45) is -0.763. The summed E-state index contributed by atoms with van der Waals surface area (Å²) in [5, 5.41) is 5.97. The highest BCUT2D eigenvalue weighted by molar-refractivity contribution is 5.94. The molecule has 0 unspecified atom stereocenters. The Labute approximate surface area is 146 Å². The third-order valence-corrected chi connectivity index (χ3v) is 3.95. The zero-order valence-corrected chi connectivity index (χ0v) is 13.6. The van der Waals surface area contributed by atoms with Gasteiger partial charge in [-0.1, -0.05) is 30.3 Å². The van der Waals surface area contributed by atoms with Gasteiger partial charge >= 0.3 is 6.18 Å². The van der Waals surface area contributed by atoms with E-state index in [9.17, 15) is 18.0 Å². The average molecular weight is 361 g/mol. The van der Waals surface area contributed by atoms with Crippen LogP contribution >= 0.6 is 0 Å². The van der Waals surface area contributed by atoms with Gasteiger partial charge in [0.25, 0.3) is 5.91 Å². The van der Waals surface area contributed by atoms with E-state index in [-0.39, 0.29) is 11.1 Å². The predicted octanol–water partition coefficient (Wildman–Crippen LogP) is 2.87. The number of alkyl halides is 3. The van der Waals surface area contributed by atoms with Crippen LogP contribution in [0, 0.1) is 0 Å². The maximum absolute atomic E-state index is 13.7. The number of nitrogens with one attached hydrogen (secondary N) is 1. The predicted molar refractivity (Wildman–Crippen MR) is 86.5 cm³/mol. The van der Waals surface area contributed by atoms with Crippen molar-refractivity contribution in [2.45, 2.75) is 18.6 Å². The molecule has 1 atom stereocenters. The van der Waals surface area contributed by atoms with Crippen LogP contribution in [0.2, 0.25) is 0 Å². The number of nitrogens with zero attached hydrogens (tertiary/aromatic N) is 4. The molecule has 0 aliphatic carbocycles. The van der Waals surface area contributed by atoms with Crippen LogP contribution in [-0.2, 0) is 5.54 Å². The normalized spacial score (nSPS) is 13.8. The summed E-state index contributed by atoms with van der Waals surface area (Å²) in [7, 11) is 0. The molecule has 134 valence electrons. The van der Waals surface area contributed by atoms with Crippen molar-refractivity contribution in [2.24, 2.45) is 0 Å². The lowest BCUT2D eigenvalue weighted by atomic mass is 9.91. The molecule has 3 rings (SSSR count). The van der Waals surface area contributed by atoms with E-state index in [4.69, 9.17) is 0 Å². The summed E-state index contributed by atoms with van der Waals surface area (Å²) in [4.78, 5) is 20.2. The largest absolute Gasteiger partial charge is 0.415 e. The van der Waals surface area contributed by atoms with Crippen LogP contribution in [0.25, 0.3) is 5.82 Å². The molecule has 0 saturated carbocycles. The van der Waals surface area contributed by atoms with Gasteiger partial charge < -0.3 is 5.32 Å². The molecule has 2 heterocycles. The minimum absolute atomic E-state index is 0.000251. The van der Waals surface area contributed by atoms with E-state index in [1.807, 2.05) is 0 Å². The number of rotatable bonds is 4. The number of pyridine rings is 1.